The second kappa shape index (κ2) is 10.8. The third-order valence-electron chi connectivity index (χ3n) is 5.92. The molecule has 9 heteroatoms. The number of carbonyl (C=O) groups is 3. The molecule has 2 fully saturated rings. The number of ether oxygens (including phenoxy) is 2. The number of carbonyl (C=O) groups excluding carboxylic acids is 3. The van der Waals surface area contributed by atoms with Crippen LogP contribution in [0, 0.1) is 12.7 Å². The van der Waals surface area contributed by atoms with E-state index in [0.717, 1.165) is 12.1 Å². The first-order valence-electron chi connectivity index (χ1n) is 11.4. The maximum absolute atomic E-state index is 14.7. The molecule has 0 aliphatic carbocycles. The van der Waals surface area contributed by atoms with E-state index < -0.39 is 18.0 Å². The smallest absolute Gasteiger partial charge is 0.414 e. The second-order valence-electron chi connectivity index (χ2n) is 8.48. The van der Waals surface area contributed by atoms with E-state index in [0.29, 0.717) is 30.0 Å². The van der Waals surface area contributed by atoms with Crippen molar-refractivity contribution in [2.75, 3.05) is 37.7 Å². The third kappa shape index (κ3) is 5.78. The summed E-state index contributed by atoms with van der Waals surface area (Å²) in [6.07, 6.45) is -1.40. The van der Waals surface area contributed by atoms with E-state index in [9.17, 15) is 18.8 Å². The van der Waals surface area contributed by atoms with Gasteiger partial charge in [-0.05, 0) is 19.1 Å². The Labute approximate surface area is 197 Å². The summed E-state index contributed by atoms with van der Waals surface area (Å²) >= 11 is 0. The normalized spacial score (nSPS) is 20.2. The van der Waals surface area contributed by atoms with Crippen molar-refractivity contribution >= 4 is 23.5 Å². The SMILES string of the molecule is Cc1ccc(C(=O)CCC(=O)NCC2CN(c3ccc(C4CNCCO4)c(F)c3)C(=O)O2)cc1. The number of hydrogen-bond donors (Lipinski definition) is 2. The molecule has 34 heavy (non-hydrogen) atoms. The molecule has 2 aromatic carbocycles. The summed E-state index contributed by atoms with van der Waals surface area (Å²) in [5.74, 6) is -0.853. The van der Waals surface area contributed by atoms with Gasteiger partial charge in [0.15, 0.2) is 5.78 Å². The van der Waals surface area contributed by atoms with Gasteiger partial charge in [-0.25, -0.2) is 9.18 Å². The van der Waals surface area contributed by atoms with E-state index in [1.165, 1.54) is 11.0 Å². The number of cyclic esters (lactones) is 1. The molecule has 2 aliphatic rings. The first kappa shape index (κ1) is 23.8. The summed E-state index contributed by atoms with van der Waals surface area (Å²) in [5.41, 5.74) is 2.45. The van der Waals surface area contributed by atoms with Crippen molar-refractivity contribution < 1.29 is 28.2 Å². The Bertz CT molecular complexity index is 1050. The number of ketones is 1. The zero-order valence-corrected chi connectivity index (χ0v) is 19.0. The monoisotopic (exact) mass is 469 g/mol. The highest BCUT2D eigenvalue weighted by atomic mass is 19.1. The van der Waals surface area contributed by atoms with Crippen LogP contribution in [0.1, 0.15) is 40.4 Å². The number of aryl methyl sites for hydroxylation is 1. The van der Waals surface area contributed by atoms with Crippen LogP contribution in [-0.2, 0) is 14.3 Å². The molecule has 2 aliphatic heterocycles. The lowest BCUT2D eigenvalue weighted by Gasteiger charge is -2.25. The summed E-state index contributed by atoms with van der Waals surface area (Å²) < 4.78 is 25.6. The quantitative estimate of drug-likeness (QED) is 0.577. The average Bonchev–Trinajstić information content (AvgIpc) is 3.22. The van der Waals surface area contributed by atoms with Gasteiger partial charge < -0.3 is 20.1 Å². The molecule has 0 spiro atoms. The Kier molecular flexibility index (Phi) is 7.54. The van der Waals surface area contributed by atoms with Crippen LogP contribution in [0.3, 0.4) is 0 Å². The molecule has 0 radical (unpaired) electrons. The molecule has 2 saturated heterocycles. The fourth-order valence-corrected chi connectivity index (χ4v) is 3.98. The zero-order valence-electron chi connectivity index (χ0n) is 19.0. The topological polar surface area (TPSA) is 97.0 Å². The highest BCUT2D eigenvalue weighted by Crippen LogP contribution is 2.28. The van der Waals surface area contributed by atoms with Crippen molar-refractivity contribution in [1.82, 2.24) is 10.6 Å². The predicted octanol–water partition coefficient (Wildman–Crippen LogP) is 2.90. The zero-order chi connectivity index (χ0) is 24.1. The van der Waals surface area contributed by atoms with Crippen molar-refractivity contribution in [2.24, 2.45) is 0 Å². The van der Waals surface area contributed by atoms with Crippen LogP contribution in [-0.4, -0.2) is 56.7 Å². The maximum Gasteiger partial charge on any atom is 0.414 e. The van der Waals surface area contributed by atoms with Gasteiger partial charge in [-0.15, -0.1) is 0 Å². The van der Waals surface area contributed by atoms with Gasteiger partial charge in [0.05, 0.1) is 31.5 Å². The summed E-state index contributed by atoms with van der Waals surface area (Å²) in [4.78, 5) is 38.0. The molecule has 8 nitrogen and oxygen atoms in total. The molecule has 0 saturated carbocycles. The number of hydrogen-bond acceptors (Lipinski definition) is 6. The van der Waals surface area contributed by atoms with Crippen LogP contribution < -0.4 is 15.5 Å². The number of rotatable bonds is 8. The van der Waals surface area contributed by atoms with Gasteiger partial charge in [0.25, 0.3) is 0 Å². The van der Waals surface area contributed by atoms with Crippen LogP contribution in [0.5, 0.6) is 0 Å². The Morgan fingerprint density at radius 1 is 1.18 bits per heavy atom. The van der Waals surface area contributed by atoms with Gasteiger partial charge in [-0.3, -0.25) is 14.5 Å². The number of benzene rings is 2. The lowest BCUT2D eigenvalue weighted by Crippen LogP contribution is -2.35. The number of amides is 2. The minimum Gasteiger partial charge on any atom is -0.442 e. The number of nitrogens with zero attached hydrogens (tertiary/aromatic N) is 1. The molecular formula is C25H28FN3O5. The lowest BCUT2D eigenvalue weighted by molar-refractivity contribution is -0.121. The van der Waals surface area contributed by atoms with E-state index in [-0.39, 0.29) is 43.7 Å². The van der Waals surface area contributed by atoms with Gasteiger partial charge in [0.2, 0.25) is 5.91 Å². The fourth-order valence-electron chi connectivity index (χ4n) is 3.98. The van der Waals surface area contributed by atoms with E-state index in [1.54, 1.807) is 24.3 Å². The van der Waals surface area contributed by atoms with Crippen LogP contribution in [0.2, 0.25) is 0 Å². The Morgan fingerprint density at radius 3 is 2.68 bits per heavy atom. The maximum atomic E-state index is 14.7. The molecule has 0 aromatic heterocycles. The number of Topliss-reactive ketones (excluding diaryl/α,β-unsaturated/α-hetero) is 1. The first-order chi connectivity index (χ1) is 16.4. The number of anilines is 1. The number of morpholine rings is 1. The Balaban J connectivity index is 1.25. The molecule has 2 heterocycles. The van der Waals surface area contributed by atoms with Gasteiger partial charge in [-0.1, -0.05) is 35.9 Å². The minimum absolute atomic E-state index is 0.0435. The predicted molar refractivity (Wildman–Crippen MR) is 123 cm³/mol. The molecule has 2 atom stereocenters. The summed E-state index contributed by atoms with van der Waals surface area (Å²) in [6, 6.07) is 11.8. The van der Waals surface area contributed by atoms with Crippen LogP contribution in [0.15, 0.2) is 42.5 Å². The third-order valence-corrected chi connectivity index (χ3v) is 5.92. The van der Waals surface area contributed by atoms with Gasteiger partial charge in [0.1, 0.15) is 11.9 Å². The van der Waals surface area contributed by atoms with Gasteiger partial charge in [0, 0.05) is 37.1 Å². The molecule has 2 N–H and O–H groups in total. The van der Waals surface area contributed by atoms with Crippen molar-refractivity contribution in [2.45, 2.75) is 32.0 Å². The van der Waals surface area contributed by atoms with Crippen molar-refractivity contribution in [3.8, 4) is 0 Å². The highest BCUT2D eigenvalue weighted by Gasteiger charge is 2.33. The summed E-state index contributed by atoms with van der Waals surface area (Å²) in [5, 5.41) is 5.87. The van der Waals surface area contributed by atoms with Crippen LogP contribution in [0.4, 0.5) is 14.9 Å². The van der Waals surface area contributed by atoms with E-state index in [2.05, 4.69) is 10.6 Å². The van der Waals surface area contributed by atoms with Crippen LogP contribution in [0.25, 0.3) is 0 Å². The minimum atomic E-state index is -0.600. The van der Waals surface area contributed by atoms with Crippen molar-refractivity contribution in [1.29, 1.82) is 0 Å². The molecule has 4 rings (SSSR count). The fraction of sp³-hybridized carbons (Fsp3) is 0.400. The average molecular weight is 470 g/mol. The molecule has 2 amide bonds. The summed E-state index contributed by atoms with van der Waals surface area (Å²) in [7, 11) is 0. The Morgan fingerprint density at radius 2 is 1.97 bits per heavy atom. The summed E-state index contributed by atoms with van der Waals surface area (Å²) in [6.45, 7) is 4.01. The van der Waals surface area contributed by atoms with Crippen LogP contribution >= 0.6 is 0 Å². The van der Waals surface area contributed by atoms with Gasteiger partial charge in [-0.2, -0.15) is 0 Å². The molecular weight excluding hydrogens is 441 g/mol. The van der Waals surface area contributed by atoms with E-state index in [4.69, 9.17) is 9.47 Å². The number of nitrogens with one attached hydrogen (secondary N) is 2. The molecule has 0 bridgehead atoms. The Hall–Kier alpha value is -3.30. The largest absolute Gasteiger partial charge is 0.442 e. The van der Waals surface area contributed by atoms with E-state index in [1.807, 2.05) is 19.1 Å². The van der Waals surface area contributed by atoms with E-state index >= 15 is 0 Å². The molecule has 2 aromatic rings. The molecule has 2 unspecified atom stereocenters. The molecule has 180 valence electrons. The van der Waals surface area contributed by atoms with Crippen molar-refractivity contribution in [3.63, 3.8) is 0 Å². The second-order valence-corrected chi connectivity index (χ2v) is 8.48. The number of halogens is 1. The lowest BCUT2D eigenvalue weighted by atomic mass is 10.0. The van der Waals surface area contributed by atoms with Crippen molar-refractivity contribution in [3.05, 3.63) is 65.0 Å². The first-order valence-corrected chi connectivity index (χ1v) is 11.4. The van der Waals surface area contributed by atoms with Gasteiger partial charge >= 0.3 is 6.09 Å². The highest BCUT2D eigenvalue weighted by molar-refractivity contribution is 5.98. The standard InChI is InChI=1S/C25H28FN3O5/c1-16-2-4-17(5-3-16)22(30)8-9-24(31)28-13-19-15-29(25(32)34-19)18-6-7-20(21(26)12-18)23-14-27-10-11-33-23/h2-7,12,19,23,27H,8-11,13-15H2,1H3,(H,28,31).